The van der Waals surface area contributed by atoms with Crippen molar-refractivity contribution >= 4 is 24.0 Å². The zero-order valence-electron chi connectivity index (χ0n) is 7.87. The predicted molar refractivity (Wildman–Crippen MR) is 61.1 cm³/mol. The highest BCUT2D eigenvalue weighted by molar-refractivity contribution is 6.29. The van der Waals surface area contributed by atoms with E-state index in [1.165, 1.54) is 24.8 Å². The summed E-state index contributed by atoms with van der Waals surface area (Å²) in [4.78, 5) is 4.08. The summed E-state index contributed by atoms with van der Waals surface area (Å²) in [6, 6.07) is 4.39. The van der Waals surface area contributed by atoms with Crippen LogP contribution < -0.4 is 5.32 Å². The van der Waals surface area contributed by atoms with Crippen LogP contribution in [-0.4, -0.2) is 11.5 Å². The molecule has 0 radical (unpaired) electrons. The standard InChI is InChI=1S/C10H13ClN2.ClH/c11-10-5-4-8(7-13-10)9-3-1-2-6-12-9;/h4-5,7,9,12H,1-3,6H2;1H/t9-;/m1./s1. The van der Waals surface area contributed by atoms with Crippen LogP contribution in [0.1, 0.15) is 30.9 Å². The second-order valence-corrected chi connectivity index (χ2v) is 3.80. The molecular formula is C10H14Cl2N2. The highest BCUT2D eigenvalue weighted by Crippen LogP contribution is 2.22. The molecule has 0 aromatic carbocycles. The Morgan fingerprint density at radius 2 is 2.21 bits per heavy atom. The third-order valence-corrected chi connectivity index (χ3v) is 2.69. The van der Waals surface area contributed by atoms with Gasteiger partial charge in [-0.3, -0.25) is 0 Å². The minimum absolute atomic E-state index is 0. The van der Waals surface area contributed by atoms with Crippen molar-refractivity contribution in [2.75, 3.05) is 6.54 Å². The normalized spacial score (nSPS) is 21.4. The maximum absolute atomic E-state index is 5.72. The van der Waals surface area contributed by atoms with Gasteiger partial charge in [0.25, 0.3) is 0 Å². The number of halogens is 2. The van der Waals surface area contributed by atoms with Crippen molar-refractivity contribution in [3.05, 3.63) is 29.0 Å². The molecule has 2 heterocycles. The molecule has 1 aromatic rings. The number of hydrogen-bond donors (Lipinski definition) is 1. The zero-order chi connectivity index (χ0) is 9.10. The van der Waals surface area contributed by atoms with E-state index in [9.17, 15) is 0 Å². The molecule has 1 aromatic heterocycles. The number of pyridine rings is 1. The van der Waals surface area contributed by atoms with Crippen molar-refractivity contribution < 1.29 is 0 Å². The van der Waals surface area contributed by atoms with Crippen LogP contribution in [0.25, 0.3) is 0 Å². The third-order valence-electron chi connectivity index (χ3n) is 2.46. The summed E-state index contributed by atoms with van der Waals surface area (Å²) in [6.07, 6.45) is 5.67. The number of nitrogens with zero attached hydrogens (tertiary/aromatic N) is 1. The van der Waals surface area contributed by atoms with E-state index in [4.69, 9.17) is 11.6 Å². The minimum atomic E-state index is 0. The van der Waals surface area contributed by atoms with Gasteiger partial charge in [0.05, 0.1) is 0 Å². The molecule has 0 aliphatic carbocycles. The lowest BCUT2D eigenvalue weighted by Crippen LogP contribution is -2.26. The third kappa shape index (κ3) is 2.84. The monoisotopic (exact) mass is 232 g/mol. The van der Waals surface area contributed by atoms with E-state index < -0.39 is 0 Å². The first-order valence-electron chi connectivity index (χ1n) is 4.71. The van der Waals surface area contributed by atoms with E-state index in [-0.39, 0.29) is 12.4 Å². The molecule has 1 aliphatic rings. The minimum Gasteiger partial charge on any atom is -0.310 e. The molecular weight excluding hydrogens is 219 g/mol. The zero-order valence-corrected chi connectivity index (χ0v) is 9.44. The summed E-state index contributed by atoms with van der Waals surface area (Å²) >= 11 is 5.72. The number of nitrogens with one attached hydrogen (secondary N) is 1. The SMILES string of the molecule is Cl.Clc1ccc([C@H]2CCCCN2)cn1. The molecule has 0 saturated carbocycles. The van der Waals surface area contributed by atoms with E-state index in [1.807, 2.05) is 12.3 Å². The van der Waals surface area contributed by atoms with Gasteiger partial charge in [-0.05, 0) is 31.0 Å². The molecule has 1 fully saturated rings. The van der Waals surface area contributed by atoms with Gasteiger partial charge in [-0.2, -0.15) is 0 Å². The van der Waals surface area contributed by atoms with E-state index in [1.54, 1.807) is 0 Å². The van der Waals surface area contributed by atoms with Crippen LogP contribution in [-0.2, 0) is 0 Å². The van der Waals surface area contributed by atoms with Gasteiger partial charge in [0.2, 0.25) is 0 Å². The molecule has 1 aliphatic heterocycles. The number of rotatable bonds is 1. The molecule has 0 unspecified atom stereocenters. The molecule has 1 saturated heterocycles. The van der Waals surface area contributed by atoms with Gasteiger partial charge >= 0.3 is 0 Å². The molecule has 0 spiro atoms. The van der Waals surface area contributed by atoms with Gasteiger partial charge in [0.1, 0.15) is 5.15 Å². The lowest BCUT2D eigenvalue weighted by atomic mass is 9.99. The second kappa shape index (κ2) is 5.54. The van der Waals surface area contributed by atoms with Crippen LogP contribution in [0.2, 0.25) is 5.15 Å². The Bertz CT molecular complexity index is 268. The summed E-state index contributed by atoms with van der Waals surface area (Å²) in [6.45, 7) is 1.12. The molecule has 4 heteroatoms. The van der Waals surface area contributed by atoms with E-state index in [0.29, 0.717) is 11.2 Å². The van der Waals surface area contributed by atoms with Crippen LogP contribution in [0.3, 0.4) is 0 Å². The molecule has 1 atom stereocenters. The van der Waals surface area contributed by atoms with Gasteiger partial charge in [-0.1, -0.05) is 24.1 Å². The van der Waals surface area contributed by atoms with Crippen molar-refractivity contribution in [1.29, 1.82) is 0 Å². The average molecular weight is 233 g/mol. The Labute approximate surface area is 95.5 Å². The maximum Gasteiger partial charge on any atom is 0.129 e. The Balaban J connectivity index is 0.000000980. The maximum atomic E-state index is 5.72. The van der Waals surface area contributed by atoms with Gasteiger partial charge in [0, 0.05) is 12.2 Å². The number of hydrogen-bond acceptors (Lipinski definition) is 2. The fraction of sp³-hybridized carbons (Fsp3) is 0.500. The van der Waals surface area contributed by atoms with Crippen molar-refractivity contribution in [2.45, 2.75) is 25.3 Å². The van der Waals surface area contributed by atoms with Crippen molar-refractivity contribution in [2.24, 2.45) is 0 Å². The second-order valence-electron chi connectivity index (χ2n) is 3.42. The lowest BCUT2D eigenvalue weighted by molar-refractivity contribution is 0.411. The summed E-state index contributed by atoms with van der Waals surface area (Å²) in [7, 11) is 0. The largest absolute Gasteiger partial charge is 0.310 e. The first kappa shape index (κ1) is 11.8. The van der Waals surface area contributed by atoms with Crippen LogP contribution in [0.4, 0.5) is 0 Å². The van der Waals surface area contributed by atoms with Crippen LogP contribution >= 0.6 is 24.0 Å². The molecule has 14 heavy (non-hydrogen) atoms. The Kier molecular flexibility index (Phi) is 4.66. The predicted octanol–water partition coefficient (Wildman–Crippen LogP) is 2.97. The highest BCUT2D eigenvalue weighted by Gasteiger charge is 2.14. The molecule has 78 valence electrons. The average Bonchev–Trinajstić information content (AvgIpc) is 2.20. The number of aromatic nitrogens is 1. The summed E-state index contributed by atoms with van der Waals surface area (Å²) < 4.78 is 0. The molecule has 0 amide bonds. The van der Waals surface area contributed by atoms with Gasteiger partial charge in [0.15, 0.2) is 0 Å². The smallest absolute Gasteiger partial charge is 0.129 e. The van der Waals surface area contributed by atoms with Crippen molar-refractivity contribution in [1.82, 2.24) is 10.3 Å². The first-order chi connectivity index (χ1) is 6.36. The molecule has 1 N–H and O–H groups in total. The summed E-state index contributed by atoms with van der Waals surface area (Å²) in [5.74, 6) is 0. The van der Waals surface area contributed by atoms with Gasteiger partial charge < -0.3 is 5.32 Å². The Morgan fingerprint density at radius 3 is 2.79 bits per heavy atom. The summed E-state index contributed by atoms with van der Waals surface area (Å²) in [5, 5.41) is 4.04. The summed E-state index contributed by atoms with van der Waals surface area (Å²) in [5.41, 5.74) is 1.25. The van der Waals surface area contributed by atoms with Crippen LogP contribution in [0.15, 0.2) is 18.3 Å². The first-order valence-corrected chi connectivity index (χ1v) is 5.09. The fourth-order valence-electron chi connectivity index (χ4n) is 1.73. The van der Waals surface area contributed by atoms with Crippen molar-refractivity contribution in [3.63, 3.8) is 0 Å². The topological polar surface area (TPSA) is 24.9 Å². The number of piperidine rings is 1. The molecule has 2 rings (SSSR count). The molecule has 0 bridgehead atoms. The fourth-order valence-corrected chi connectivity index (χ4v) is 1.84. The Hall–Kier alpha value is -0.310. The van der Waals surface area contributed by atoms with Gasteiger partial charge in [-0.15, -0.1) is 12.4 Å². The van der Waals surface area contributed by atoms with E-state index >= 15 is 0 Å². The van der Waals surface area contributed by atoms with Crippen LogP contribution in [0.5, 0.6) is 0 Å². The van der Waals surface area contributed by atoms with Gasteiger partial charge in [-0.25, -0.2) is 4.98 Å². The molecule has 2 nitrogen and oxygen atoms in total. The highest BCUT2D eigenvalue weighted by atomic mass is 35.5. The Morgan fingerprint density at radius 1 is 1.36 bits per heavy atom. The van der Waals surface area contributed by atoms with E-state index in [0.717, 1.165) is 6.54 Å². The van der Waals surface area contributed by atoms with Crippen LogP contribution in [0, 0.1) is 0 Å². The lowest BCUT2D eigenvalue weighted by Gasteiger charge is -2.23. The quantitative estimate of drug-likeness (QED) is 0.754. The van der Waals surface area contributed by atoms with Crippen molar-refractivity contribution in [3.8, 4) is 0 Å². The van der Waals surface area contributed by atoms with E-state index in [2.05, 4.69) is 16.4 Å².